The molecule has 0 unspecified atom stereocenters. The minimum Gasteiger partial charge on any atom is -0.354 e. The van der Waals surface area contributed by atoms with Crippen molar-refractivity contribution in [3.63, 3.8) is 0 Å². The molecule has 1 N–H and O–H groups in total. The van der Waals surface area contributed by atoms with E-state index in [1.807, 2.05) is 11.9 Å². The van der Waals surface area contributed by atoms with Crippen LogP contribution in [0.3, 0.4) is 0 Å². The van der Waals surface area contributed by atoms with Crippen LogP contribution < -0.4 is 10.2 Å². The maximum absolute atomic E-state index is 6.20. The standard InChI is InChI=1S/C13H16BrClN4S/c1-3-4-16-13-17-6-10(15)12(18-13)19(2)7-9-5-11(14)20-8-9/h5-6,8H,3-4,7H2,1-2H3,(H,16,17,18). The second-order valence-electron chi connectivity index (χ2n) is 4.41. The topological polar surface area (TPSA) is 41.1 Å². The Morgan fingerprint density at radius 1 is 1.50 bits per heavy atom. The fourth-order valence-electron chi connectivity index (χ4n) is 1.73. The lowest BCUT2D eigenvalue weighted by atomic mass is 10.3. The van der Waals surface area contributed by atoms with Gasteiger partial charge in [0.15, 0.2) is 5.82 Å². The number of thiophene rings is 1. The van der Waals surface area contributed by atoms with Gasteiger partial charge in [0.25, 0.3) is 0 Å². The molecule has 0 aliphatic carbocycles. The maximum atomic E-state index is 6.20. The van der Waals surface area contributed by atoms with Gasteiger partial charge in [-0.1, -0.05) is 18.5 Å². The van der Waals surface area contributed by atoms with Gasteiger partial charge in [-0.2, -0.15) is 4.98 Å². The van der Waals surface area contributed by atoms with Crippen LogP contribution in [0.15, 0.2) is 21.4 Å². The van der Waals surface area contributed by atoms with E-state index in [0.29, 0.717) is 11.0 Å². The van der Waals surface area contributed by atoms with Crippen molar-refractivity contribution in [1.29, 1.82) is 0 Å². The molecule has 0 aromatic carbocycles. The van der Waals surface area contributed by atoms with Gasteiger partial charge in [0.2, 0.25) is 5.95 Å². The first-order chi connectivity index (χ1) is 9.60. The summed E-state index contributed by atoms with van der Waals surface area (Å²) in [5.41, 5.74) is 1.22. The summed E-state index contributed by atoms with van der Waals surface area (Å²) < 4.78 is 1.12. The molecule has 2 aromatic rings. The van der Waals surface area contributed by atoms with E-state index < -0.39 is 0 Å². The molecule has 0 aliphatic heterocycles. The summed E-state index contributed by atoms with van der Waals surface area (Å²) in [5.74, 6) is 1.35. The summed E-state index contributed by atoms with van der Waals surface area (Å²) >= 11 is 11.3. The molecular weight excluding hydrogens is 360 g/mol. The highest BCUT2D eigenvalue weighted by Gasteiger charge is 2.11. The fraction of sp³-hybridized carbons (Fsp3) is 0.385. The van der Waals surface area contributed by atoms with Crippen LogP contribution in [0.25, 0.3) is 0 Å². The Labute approximate surface area is 136 Å². The molecule has 4 nitrogen and oxygen atoms in total. The zero-order valence-electron chi connectivity index (χ0n) is 11.4. The molecule has 2 rings (SSSR count). The van der Waals surface area contributed by atoms with Gasteiger partial charge in [-0.25, -0.2) is 4.98 Å². The third kappa shape index (κ3) is 4.07. The van der Waals surface area contributed by atoms with E-state index in [-0.39, 0.29) is 0 Å². The number of aromatic nitrogens is 2. The minimum atomic E-state index is 0.559. The Hall–Kier alpha value is -0.850. The quantitative estimate of drug-likeness (QED) is 0.812. The Morgan fingerprint density at radius 3 is 2.95 bits per heavy atom. The van der Waals surface area contributed by atoms with Crippen molar-refractivity contribution in [1.82, 2.24) is 9.97 Å². The van der Waals surface area contributed by atoms with Crippen LogP contribution in [0.2, 0.25) is 5.02 Å². The Bertz CT molecular complexity index is 575. The van der Waals surface area contributed by atoms with Crippen LogP contribution in [0.5, 0.6) is 0 Å². The fourth-order valence-corrected chi connectivity index (χ4v) is 3.16. The van der Waals surface area contributed by atoms with Crippen molar-refractivity contribution in [2.75, 3.05) is 23.8 Å². The average Bonchev–Trinajstić information content (AvgIpc) is 2.83. The Kier molecular flexibility index (Phi) is 5.63. The molecular formula is C13H16BrClN4S. The van der Waals surface area contributed by atoms with E-state index in [9.17, 15) is 0 Å². The third-order valence-electron chi connectivity index (χ3n) is 2.66. The van der Waals surface area contributed by atoms with Gasteiger partial charge in [0, 0.05) is 20.1 Å². The first-order valence-electron chi connectivity index (χ1n) is 6.30. The summed E-state index contributed by atoms with van der Waals surface area (Å²) in [6, 6.07) is 2.10. The molecule has 0 spiro atoms. The summed E-state index contributed by atoms with van der Waals surface area (Å²) in [6.45, 7) is 3.71. The molecule has 0 atom stereocenters. The van der Waals surface area contributed by atoms with E-state index in [1.165, 1.54) is 5.56 Å². The SMILES string of the molecule is CCCNc1ncc(Cl)c(N(C)Cc2csc(Br)c2)n1. The number of halogens is 2. The smallest absolute Gasteiger partial charge is 0.224 e. The predicted molar refractivity (Wildman–Crippen MR) is 89.9 cm³/mol. The summed E-state index contributed by atoms with van der Waals surface area (Å²) in [6.07, 6.45) is 2.67. The van der Waals surface area contributed by atoms with Crippen LogP contribution in [0.4, 0.5) is 11.8 Å². The number of hydrogen-bond donors (Lipinski definition) is 1. The van der Waals surface area contributed by atoms with Crippen LogP contribution in [0.1, 0.15) is 18.9 Å². The van der Waals surface area contributed by atoms with Gasteiger partial charge in [-0.05, 0) is 39.4 Å². The number of nitrogens with one attached hydrogen (secondary N) is 1. The molecule has 0 amide bonds. The number of hydrogen-bond acceptors (Lipinski definition) is 5. The second-order valence-corrected chi connectivity index (χ2v) is 7.10. The van der Waals surface area contributed by atoms with Crippen LogP contribution in [-0.4, -0.2) is 23.6 Å². The van der Waals surface area contributed by atoms with Gasteiger partial charge in [0.1, 0.15) is 5.02 Å². The van der Waals surface area contributed by atoms with E-state index in [4.69, 9.17) is 11.6 Å². The first-order valence-corrected chi connectivity index (χ1v) is 8.35. The monoisotopic (exact) mass is 374 g/mol. The maximum Gasteiger partial charge on any atom is 0.224 e. The molecule has 2 aromatic heterocycles. The molecule has 0 fully saturated rings. The van der Waals surface area contributed by atoms with Gasteiger partial charge in [0.05, 0.1) is 9.98 Å². The lowest BCUT2D eigenvalue weighted by Gasteiger charge is -2.19. The van der Waals surface area contributed by atoms with Gasteiger partial charge in [-0.15, -0.1) is 11.3 Å². The second kappa shape index (κ2) is 7.24. The van der Waals surface area contributed by atoms with Crippen LogP contribution in [-0.2, 0) is 6.54 Å². The summed E-state index contributed by atoms with van der Waals surface area (Å²) in [4.78, 5) is 10.7. The molecule has 2 heterocycles. The zero-order chi connectivity index (χ0) is 14.5. The molecule has 0 saturated heterocycles. The predicted octanol–water partition coefficient (Wildman–Crippen LogP) is 4.41. The zero-order valence-corrected chi connectivity index (χ0v) is 14.5. The van der Waals surface area contributed by atoms with Gasteiger partial charge in [-0.3, -0.25) is 0 Å². The van der Waals surface area contributed by atoms with E-state index >= 15 is 0 Å². The van der Waals surface area contributed by atoms with Crippen LogP contribution >= 0.6 is 38.9 Å². The van der Waals surface area contributed by atoms with Crippen molar-refractivity contribution in [3.05, 3.63) is 32.0 Å². The molecule has 0 radical (unpaired) electrons. The van der Waals surface area contributed by atoms with Crippen molar-refractivity contribution in [2.45, 2.75) is 19.9 Å². The van der Waals surface area contributed by atoms with Crippen molar-refractivity contribution in [3.8, 4) is 0 Å². The highest BCUT2D eigenvalue weighted by molar-refractivity contribution is 9.11. The lowest BCUT2D eigenvalue weighted by molar-refractivity contribution is 0.887. The van der Waals surface area contributed by atoms with Crippen molar-refractivity contribution >= 4 is 50.6 Å². The molecule has 0 aliphatic rings. The normalized spacial score (nSPS) is 10.6. The van der Waals surface area contributed by atoms with E-state index in [2.05, 4.69) is 49.6 Å². The Morgan fingerprint density at radius 2 is 2.30 bits per heavy atom. The van der Waals surface area contributed by atoms with Crippen molar-refractivity contribution < 1.29 is 0 Å². The first kappa shape index (κ1) is 15.5. The van der Waals surface area contributed by atoms with Crippen molar-refractivity contribution in [2.24, 2.45) is 0 Å². The van der Waals surface area contributed by atoms with E-state index in [0.717, 1.165) is 29.1 Å². The molecule has 108 valence electrons. The summed E-state index contributed by atoms with van der Waals surface area (Å²) in [7, 11) is 1.98. The van der Waals surface area contributed by atoms with Gasteiger partial charge < -0.3 is 10.2 Å². The molecule has 0 saturated carbocycles. The molecule has 20 heavy (non-hydrogen) atoms. The Balaban J connectivity index is 2.13. The highest BCUT2D eigenvalue weighted by Crippen LogP contribution is 2.26. The average molecular weight is 376 g/mol. The number of anilines is 2. The largest absolute Gasteiger partial charge is 0.354 e. The van der Waals surface area contributed by atoms with Gasteiger partial charge >= 0.3 is 0 Å². The highest BCUT2D eigenvalue weighted by atomic mass is 79.9. The third-order valence-corrected chi connectivity index (χ3v) is 4.48. The molecule has 0 bridgehead atoms. The van der Waals surface area contributed by atoms with E-state index in [1.54, 1.807) is 17.5 Å². The number of nitrogens with zero attached hydrogens (tertiary/aromatic N) is 3. The molecule has 7 heteroatoms. The lowest BCUT2D eigenvalue weighted by Crippen LogP contribution is -2.19. The van der Waals surface area contributed by atoms with Crippen LogP contribution in [0, 0.1) is 0 Å². The summed E-state index contributed by atoms with van der Waals surface area (Å²) in [5, 5.41) is 5.85. The minimum absolute atomic E-state index is 0.559. The number of rotatable bonds is 6.